The summed E-state index contributed by atoms with van der Waals surface area (Å²) in [5, 5.41) is 3.36. The molecule has 0 unspecified atom stereocenters. The molecule has 172 valence electrons. The standard InChI is InChI=1S/C22H32N8O2/c1-14-11-25-17(15(2)19(14)32-4)13-30-16(3)21(31)29(10-9-28-7-5-24-6-8-28)18-12-26-22(23)27-20(18)30/h11-12,16,24H,5-10,13H2,1-4H3,(H2,23,26,27)/t16-/m1/s1. The molecule has 2 aromatic heterocycles. The molecule has 1 amide bonds. The molecule has 1 atom stereocenters. The second-order valence-electron chi connectivity index (χ2n) is 8.37. The fourth-order valence-corrected chi connectivity index (χ4v) is 4.45. The third-order valence-corrected chi connectivity index (χ3v) is 6.34. The summed E-state index contributed by atoms with van der Waals surface area (Å²) >= 11 is 0. The summed E-state index contributed by atoms with van der Waals surface area (Å²) in [7, 11) is 1.66. The first kappa shape index (κ1) is 22.2. The van der Waals surface area contributed by atoms with E-state index in [1.807, 2.05) is 25.7 Å². The van der Waals surface area contributed by atoms with Crippen molar-refractivity contribution in [3.8, 4) is 5.75 Å². The number of nitrogen functional groups attached to an aromatic ring is 1. The number of piperazine rings is 1. The molecule has 3 N–H and O–H groups in total. The van der Waals surface area contributed by atoms with Crippen molar-refractivity contribution in [2.45, 2.75) is 33.4 Å². The van der Waals surface area contributed by atoms with Crippen molar-refractivity contribution >= 4 is 23.4 Å². The molecule has 1 fully saturated rings. The van der Waals surface area contributed by atoms with Gasteiger partial charge in [-0.05, 0) is 20.8 Å². The van der Waals surface area contributed by atoms with Crippen LogP contribution in [-0.4, -0.2) is 78.2 Å². The maximum absolute atomic E-state index is 13.4. The quantitative estimate of drug-likeness (QED) is 0.671. The monoisotopic (exact) mass is 440 g/mol. The largest absolute Gasteiger partial charge is 0.496 e. The zero-order valence-corrected chi connectivity index (χ0v) is 19.3. The molecule has 0 spiro atoms. The predicted molar refractivity (Wildman–Crippen MR) is 124 cm³/mol. The minimum atomic E-state index is -0.409. The summed E-state index contributed by atoms with van der Waals surface area (Å²) in [6.45, 7) is 11.6. The highest BCUT2D eigenvalue weighted by molar-refractivity contribution is 6.04. The zero-order valence-electron chi connectivity index (χ0n) is 19.3. The second-order valence-corrected chi connectivity index (χ2v) is 8.37. The number of ether oxygens (including phenoxy) is 1. The van der Waals surface area contributed by atoms with Gasteiger partial charge < -0.3 is 25.6 Å². The Balaban J connectivity index is 1.64. The van der Waals surface area contributed by atoms with E-state index in [9.17, 15) is 4.79 Å². The zero-order chi connectivity index (χ0) is 22.8. The molecule has 2 aliphatic rings. The molecule has 2 aromatic rings. The predicted octanol–water partition coefficient (Wildman–Crippen LogP) is 0.726. The molecule has 4 heterocycles. The van der Waals surface area contributed by atoms with Crippen molar-refractivity contribution < 1.29 is 9.53 Å². The highest BCUT2D eigenvalue weighted by atomic mass is 16.5. The summed E-state index contributed by atoms with van der Waals surface area (Å²) in [6.07, 6.45) is 3.45. The lowest BCUT2D eigenvalue weighted by Crippen LogP contribution is -2.54. The van der Waals surface area contributed by atoms with Crippen LogP contribution in [0.25, 0.3) is 0 Å². The molecule has 1 saturated heterocycles. The van der Waals surface area contributed by atoms with E-state index in [1.54, 1.807) is 24.4 Å². The number of methoxy groups -OCH3 is 1. The molecule has 0 bridgehead atoms. The number of rotatable bonds is 6. The van der Waals surface area contributed by atoms with Crippen LogP contribution in [0.1, 0.15) is 23.7 Å². The molecule has 10 nitrogen and oxygen atoms in total. The Morgan fingerprint density at radius 2 is 1.94 bits per heavy atom. The lowest BCUT2D eigenvalue weighted by atomic mass is 10.1. The van der Waals surface area contributed by atoms with Crippen molar-refractivity contribution in [1.82, 2.24) is 25.2 Å². The first-order valence-electron chi connectivity index (χ1n) is 11.0. The van der Waals surface area contributed by atoms with Crippen molar-refractivity contribution in [2.24, 2.45) is 0 Å². The van der Waals surface area contributed by atoms with E-state index in [0.29, 0.717) is 24.6 Å². The first-order chi connectivity index (χ1) is 15.4. The number of nitrogens with zero attached hydrogens (tertiary/aromatic N) is 6. The number of hydrogen-bond donors (Lipinski definition) is 2. The van der Waals surface area contributed by atoms with Crippen molar-refractivity contribution in [3.63, 3.8) is 0 Å². The molecule has 0 saturated carbocycles. The normalized spacial score (nSPS) is 19.2. The van der Waals surface area contributed by atoms with Crippen LogP contribution < -0.4 is 25.6 Å². The minimum Gasteiger partial charge on any atom is -0.496 e. The number of nitrogens with two attached hydrogens (primary N) is 1. The van der Waals surface area contributed by atoms with Crippen LogP contribution >= 0.6 is 0 Å². The molecule has 4 rings (SSSR count). The molecule has 2 aliphatic heterocycles. The van der Waals surface area contributed by atoms with Gasteiger partial charge in [0.05, 0.1) is 25.5 Å². The molecular formula is C22H32N8O2. The van der Waals surface area contributed by atoms with Gasteiger partial charge in [-0.15, -0.1) is 0 Å². The number of hydrogen-bond acceptors (Lipinski definition) is 9. The molecule has 10 heteroatoms. The number of aryl methyl sites for hydroxylation is 1. The van der Waals surface area contributed by atoms with Crippen LogP contribution in [0.2, 0.25) is 0 Å². The Bertz CT molecular complexity index is 992. The molecule has 32 heavy (non-hydrogen) atoms. The highest BCUT2D eigenvalue weighted by Crippen LogP contribution is 2.36. The Morgan fingerprint density at radius 3 is 2.66 bits per heavy atom. The molecule has 0 aliphatic carbocycles. The highest BCUT2D eigenvalue weighted by Gasteiger charge is 2.37. The van der Waals surface area contributed by atoms with Gasteiger partial charge in [0.15, 0.2) is 5.82 Å². The van der Waals surface area contributed by atoms with E-state index in [4.69, 9.17) is 10.5 Å². The van der Waals surface area contributed by atoms with Crippen molar-refractivity contribution in [1.29, 1.82) is 0 Å². The summed E-state index contributed by atoms with van der Waals surface area (Å²) in [5.41, 5.74) is 9.40. The van der Waals surface area contributed by atoms with Crippen LogP contribution in [-0.2, 0) is 11.3 Å². The minimum absolute atomic E-state index is 0.0257. The van der Waals surface area contributed by atoms with Gasteiger partial charge in [-0.25, -0.2) is 4.98 Å². The summed E-state index contributed by atoms with van der Waals surface area (Å²) < 4.78 is 5.56. The summed E-state index contributed by atoms with van der Waals surface area (Å²) in [5.74, 6) is 1.68. The fraction of sp³-hybridized carbons (Fsp3) is 0.545. The smallest absolute Gasteiger partial charge is 0.249 e. The van der Waals surface area contributed by atoms with Gasteiger partial charge in [0, 0.05) is 56.6 Å². The topological polar surface area (TPSA) is 113 Å². The van der Waals surface area contributed by atoms with E-state index in [1.165, 1.54) is 0 Å². The molecular weight excluding hydrogens is 408 g/mol. The van der Waals surface area contributed by atoms with Crippen LogP contribution in [0.15, 0.2) is 12.4 Å². The fourth-order valence-electron chi connectivity index (χ4n) is 4.45. The summed E-state index contributed by atoms with van der Waals surface area (Å²) in [4.78, 5) is 32.9. The van der Waals surface area contributed by atoms with Crippen LogP contribution in [0.5, 0.6) is 5.75 Å². The number of pyridine rings is 1. The number of carbonyl (C=O) groups is 1. The van der Waals surface area contributed by atoms with Crippen molar-refractivity contribution in [3.05, 3.63) is 29.2 Å². The van der Waals surface area contributed by atoms with E-state index in [-0.39, 0.29) is 11.9 Å². The summed E-state index contributed by atoms with van der Waals surface area (Å²) in [6, 6.07) is -0.409. The van der Waals surface area contributed by atoms with Gasteiger partial charge in [-0.1, -0.05) is 0 Å². The molecule has 0 aromatic carbocycles. The number of fused-ring (bicyclic) bond motifs is 1. The van der Waals surface area contributed by atoms with Crippen molar-refractivity contribution in [2.75, 3.05) is 61.9 Å². The number of aromatic nitrogens is 3. The number of amides is 1. The average Bonchev–Trinajstić information content (AvgIpc) is 2.79. The first-order valence-corrected chi connectivity index (χ1v) is 11.0. The van der Waals surface area contributed by atoms with Crippen LogP contribution in [0.4, 0.5) is 17.5 Å². The second kappa shape index (κ2) is 9.25. The third kappa shape index (κ3) is 4.20. The van der Waals surface area contributed by atoms with Gasteiger partial charge in [0.1, 0.15) is 17.5 Å². The Morgan fingerprint density at radius 1 is 1.19 bits per heavy atom. The SMILES string of the molecule is COc1c(C)cnc(CN2c3nc(N)ncc3N(CCN3CCNCC3)C(=O)[C@H]2C)c1C. The maximum atomic E-state index is 13.4. The van der Waals surface area contributed by atoms with E-state index >= 15 is 0 Å². The van der Waals surface area contributed by atoms with Crippen LogP contribution in [0.3, 0.4) is 0 Å². The number of anilines is 3. The Hall–Kier alpha value is -2.98. The Labute approximate surface area is 188 Å². The van der Waals surface area contributed by atoms with Gasteiger partial charge in [-0.3, -0.25) is 14.7 Å². The average molecular weight is 441 g/mol. The van der Waals surface area contributed by atoms with Gasteiger partial charge in [-0.2, -0.15) is 4.98 Å². The van der Waals surface area contributed by atoms with Crippen LogP contribution in [0, 0.1) is 13.8 Å². The lowest BCUT2D eigenvalue weighted by molar-refractivity contribution is -0.120. The molecule has 0 radical (unpaired) electrons. The van der Waals surface area contributed by atoms with E-state index < -0.39 is 6.04 Å². The maximum Gasteiger partial charge on any atom is 0.249 e. The van der Waals surface area contributed by atoms with E-state index in [2.05, 4.69) is 25.2 Å². The Kier molecular flexibility index (Phi) is 6.43. The van der Waals surface area contributed by atoms with Gasteiger partial charge in [0.25, 0.3) is 0 Å². The number of carbonyl (C=O) groups excluding carboxylic acids is 1. The number of nitrogens with one attached hydrogen (secondary N) is 1. The third-order valence-electron chi connectivity index (χ3n) is 6.34. The van der Waals surface area contributed by atoms with Gasteiger partial charge in [0.2, 0.25) is 11.9 Å². The van der Waals surface area contributed by atoms with E-state index in [0.717, 1.165) is 55.3 Å². The van der Waals surface area contributed by atoms with Gasteiger partial charge >= 0.3 is 0 Å². The lowest BCUT2D eigenvalue weighted by Gasteiger charge is -2.41.